The molecule has 2 heterocycles. The molecule has 7 nitrogen and oxygen atoms in total. The number of para-hydroxylation sites is 2. The Labute approximate surface area is 212 Å². The van der Waals surface area contributed by atoms with Gasteiger partial charge < -0.3 is 9.40 Å². The molecule has 0 fully saturated rings. The lowest BCUT2D eigenvalue weighted by Crippen LogP contribution is -2.28. The van der Waals surface area contributed by atoms with Crippen molar-refractivity contribution in [1.82, 2.24) is 19.9 Å². The topological polar surface area (TPSA) is 95.2 Å². The van der Waals surface area contributed by atoms with Crippen LogP contribution < -0.4 is 11.2 Å². The molecule has 0 amide bonds. The molecule has 190 valence electrons. The van der Waals surface area contributed by atoms with Crippen molar-refractivity contribution in [3.8, 4) is 11.7 Å². The second-order valence-corrected chi connectivity index (χ2v) is 10.00. The van der Waals surface area contributed by atoms with Gasteiger partial charge in [0, 0.05) is 6.54 Å². The summed E-state index contributed by atoms with van der Waals surface area (Å²) in [5.41, 5.74) is 4.66. The van der Waals surface area contributed by atoms with Crippen LogP contribution in [0.15, 0.2) is 62.9 Å². The predicted molar refractivity (Wildman–Crippen MR) is 145 cm³/mol. The molecule has 0 aliphatic heterocycles. The maximum atomic E-state index is 6.19. The van der Waals surface area contributed by atoms with Gasteiger partial charge in [0.2, 0.25) is 11.2 Å². The number of oxazole rings is 1. The zero-order valence-electron chi connectivity index (χ0n) is 22.1. The third kappa shape index (κ3) is 6.01. The van der Waals surface area contributed by atoms with E-state index in [4.69, 9.17) is 24.4 Å². The fraction of sp³-hybridized carbons (Fsp3) is 0.448. The van der Waals surface area contributed by atoms with Crippen LogP contribution in [0.2, 0.25) is 0 Å². The zero-order chi connectivity index (χ0) is 25.5. The van der Waals surface area contributed by atoms with Crippen molar-refractivity contribution >= 4 is 16.8 Å². The smallest absolute Gasteiger partial charge is 0.264 e. The molecule has 0 spiro atoms. The molecule has 2 N–H and O–H groups in total. The number of H-pyrrole nitrogens is 2. The first-order valence-corrected chi connectivity index (χ1v) is 13.1. The summed E-state index contributed by atoms with van der Waals surface area (Å²) < 4.78 is 6.19. The second-order valence-electron chi connectivity index (χ2n) is 10.00. The van der Waals surface area contributed by atoms with Gasteiger partial charge in [0.1, 0.15) is 5.52 Å². The molecule has 0 radical (unpaired) electrons. The lowest BCUT2D eigenvalue weighted by molar-refractivity contribution is 0.457. The molecule has 1 atom stereocenters. The first-order chi connectivity index (χ1) is 17.4. The molecular formula is C29H38N6O. The first-order valence-electron chi connectivity index (χ1n) is 13.1. The highest BCUT2D eigenvalue weighted by Crippen LogP contribution is 2.33. The summed E-state index contributed by atoms with van der Waals surface area (Å²) in [6.45, 7) is 11.8. The predicted octanol–water partition coefficient (Wildman–Crippen LogP) is 6.58. The van der Waals surface area contributed by atoms with Crippen LogP contribution >= 0.6 is 0 Å². The molecule has 1 unspecified atom stereocenters. The molecule has 0 saturated heterocycles. The monoisotopic (exact) mass is 486 g/mol. The van der Waals surface area contributed by atoms with Crippen molar-refractivity contribution < 1.29 is 4.42 Å². The van der Waals surface area contributed by atoms with E-state index in [2.05, 4.69) is 50.7 Å². The van der Waals surface area contributed by atoms with Crippen molar-refractivity contribution in [1.29, 1.82) is 0 Å². The Kier molecular flexibility index (Phi) is 8.18. The highest BCUT2D eigenvalue weighted by Gasteiger charge is 2.24. The summed E-state index contributed by atoms with van der Waals surface area (Å²) in [5.74, 6) is 1.46. The van der Waals surface area contributed by atoms with E-state index in [1.54, 1.807) is 0 Å². The minimum Gasteiger partial charge on any atom is -0.434 e. The van der Waals surface area contributed by atoms with Crippen molar-refractivity contribution in [2.45, 2.75) is 72.1 Å². The molecular weight excluding hydrogens is 448 g/mol. The standard InChI is InChI=1S/C29H38N6O/c1-6-9-14-20(7-2)19-30-27-33-25(34-28(35-27)31-21-15-11-10-12-16-21)26-32-24-22(29(4,5)8-3)17-13-18-23(24)36-26/h10-13,15-18,20H,6-9,14,19H2,1-5H3,(H2,30,31,33,34,35). The van der Waals surface area contributed by atoms with E-state index in [9.17, 15) is 0 Å². The number of unbranched alkanes of at least 4 members (excludes halogenated alkanes) is 1. The number of hydrogen-bond donors (Lipinski definition) is 2. The Hall–Kier alpha value is -3.48. The molecule has 0 bridgehead atoms. The number of rotatable bonds is 10. The SMILES string of the molecule is CCCCC(CC)CN=c1nc(-c2nc3c(C(C)(C)CC)cccc3o2)[nH]c(=Nc2ccccc2)[nH]1. The second kappa shape index (κ2) is 11.5. The normalized spacial score (nSPS) is 14.0. The van der Waals surface area contributed by atoms with Gasteiger partial charge in [-0.25, -0.2) is 9.98 Å². The molecule has 0 saturated carbocycles. The van der Waals surface area contributed by atoms with Crippen LogP contribution in [-0.2, 0) is 5.41 Å². The van der Waals surface area contributed by atoms with E-state index in [1.807, 2.05) is 42.5 Å². The minimum absolute atomic E-state index is 0.0167. The summed E-state index contributed by atoms with van der Waals surface area (Å²) in [6, 6.07) is 15.9. The molecule has 4 aromatic rings. The van der Waals surface area contributed by atoms with E-state index < -0.39 is 0 Å². The summed E-state index contributed by atoms with van der Waals surface area (Å²) in [4.78, 5) is 25.7. The fourth-order valence-electron chi connectivity index (χ4n) is 4.19. The Morgan fingerprint density at radius 1 is 0.972 bits per heavy atom. The number of hydrogen-bond acceptors (Lipinski definition) is 5. The van der Waals surface area contributed by atoms with Gasteiger partial charge in [-0.3, -0.25) is 9.98 Å². The van der Waals surface area contributed by atoms with Gasteiger partial charge in [0.25, 0.3) is 5.89 Å². The largest absolute Gasteiger partial charge is 0.434 e. The highest BCUT2D eigenvalue weighted by atomic mass is 16.3. The summed E-state index contributed by atoms with van der Waals surface area (Å²) >= 11 is 0. The highest BCUT2D eigenvalue weighted by molar-refractivity contribution is 5.80. The van der Waals surface area contributed by atoms with E-state index in [0.717, 1.165) is 36.2 Å². The van der Waals surface area contributed by atoms with Gasteiger partial charge in [-0.15, -0.1) is 0 Å². The van der Waals surface area contributed by atoms with Gasteiger partial charge in [0.05, 0.1) is 5.69 Å². The van der Waals surface area contributed by atoms with Gasteiger partial charge in [-0.05, 0) is 47.9 Å². The maximum absolute atomic E-state index is 6.19. The molecule has 2 aromatic carbocycles. The van der Waals surface area contributed by atoms with Gasteiger partial charge in [-0.1, -0.05) is 84.2 Å². The van der Waals surface area contributed by atoms with Gasteiger partial charge in [-0.2, -0.15) is 4.98 Å². The number of nitrogens with one attached hydrogen (secondary N) is 2. The van der Waals surface area contributed by atoms with Crippen LogP contribution in [0.4, 0.5) is 5.69 Å². The maximum Gasteiger partial charge on any atom is 0.264 e. The zero-order valence-corrected chi connectivity index (χ0v) is 22.1. The van der Waals surface area contributed by atoms with E-state index in [-0.39, 0.29) is 5.41 Å². The lowest BCUT2D eigenvalue weighted by Gasteiger charge is -2.23. The van der Waals surface area contributed by atoms with E-state index >= 15 is 0 Å². The third-order valence-electron chi connectivity index (χ3n) is 6.96. The number of fused-ring (bicyclic) bond motifs is 1. The average Bonchev–Trinajstić information content (AvgIpc) is 3.34. The molecule has 7 heteroatoms. The third-order valence-corrected chi connectivity index (χ3v) is 6.96. The van der Waals surface area contributed by atoms with Gasteiger partial charge in [0.15, 0.2) is 11.4 Å². The molecule has 0 aliphatic carbocycles. The quantitative estimate of drug-likeness (QED) is 0.265. The number of aromatic nitrogens is 4. The van der Waals surface area contributed by atoms with Crippen molar-refractivity contribution in [2.24, 2.45) is 15.9 Å². The van der Waals surface area contributed by atoms with Gasteiger partial charge >= 0.3 is 0 Å². The molecule has 36 heavy (non-hydrogen) atoms. The van der Waals surface area contributed by atoms with E-state index in [1.165, 1.54) is 24.8 Å². The Balaban J connectivity index is 1.82. The average molecular weight is 487 g/mol. The summed E-state index contributed by atoms with van der Waals surface area (Å²) in [5, 5.41) is 0. The van der Waals surface area contributed by atoms with Crippen LogP contribution in [0, 0.1) is 5.92 Å². The van der Waals surface area contributed by atoms with Crippen LogP contribution in [-0.4, -0.2) is 26.5 Å². The Morgan fingerprint density at radius 2 is 1.78 bits per heavy atom. The lowest BCUT2D eigenvalue weighted by atomic mass is 9.81. The Morgan fingerprint density at radius 3 is 2.50 bits per heavy atom. The minimum atomic E-state index is -0.0167. The molecule has 4 rings (SSSR count). The van der Waals surface area contributed by atoms with Crippen molar-refractivity contribution in [3.05, 3.63) is 65.3 Å². The molecule has 0 aliphatic rings. The molecule has 2 aromatic heterocycles. The number of aromatic amines is 2. The Bertz CT molecular complexity index is 1410. The van der Waals surface area contributed by atoms with Crippen molar-refractivity contribution in [3.63, 3.8) is 0 Å². The number of nitrogens with zero attached hydrogens (tertiary/aromatic N) is 4. The fourth-order valence-corrected chi connectivity index (χ4v) is 4.19. The van der Waals surface area contributed by atoms with Crippen LogP contribution in [0.5, 0.6) is 0 Å². The summed E-state index contributed by atoms with van der Waals surface area (Å²) in [6.07, 6.45) is 5.67. The number of benzene rings is 2. The van der Waals surface area contributed by atoms with Crippen LogP contribution in [0.3, 0.4) is 0 Å². The summed E-state index contributed by atoms with van der Waals surface area (Å²) in [7, 11) is 0. The van der Waals surface area contributed by atoms with Crippen molar-refractivity contribution in [2.75, 3.05) is 6.54 Å². The van der Waals surface area contributed by atoms with Crippen LogP contribution in [0.25, 0.3) is 22.8 Å². The first kappa shape index (κ1) is 25.6. The van der Waals surface area contributed by atoms with E-state index in [0.29, 0.717) is 28.9 Å². The van der Waals surface area contributed by atoms with Crippen LogP contribution in [0.1, 0.15) is 72.3 Å².